The largest absolute Gasteiger partial charge is 0.346 e. The molecule has 1 unspecified atom stereocenters. The van der Waals surface area contributed by atoms with Crippen molar-refractivity contribution in [2.24, 2.45) is 0 Å². The van der Waals surface area contributed by atoms with Crippen LogP contribution in [0.3, 0.4) is 0 Å². The summed E-state index contributed by atoms with van der Waals surface area (Å²) in [7, 11) is -3.06. The highest BCUT2D eigenvalue weighted by molar-refractivity contribution is 7.89. The van der Waals surface area contributed by atoms with Crippen LogP contribution < -0.4 is 0 Å². The number of rotatable bonds is 3. The Hall–Kier alpha value is -0.880. The van der Waals surface area contributed by atoms with E-state index in [-0.39, 0.29) is 11.7 Å². The quantitative estimate of drug-likeness (QED) is 0.886. The molecule has 0 saturated carbocycles. The minimum Gasteiger partial charge on any atom is -0.346 e. The molecular formula is C11H19N3O2S. The molecule has 96 valence electrons. The first-order chi connectivity index (χ1) is 8.03. The van der Waals surface area contributed by atoms with E-state index in [2.05, 4.69) is 9.97 Å². The van der Waals surface area contributed by atoms with Gasteiger partial charge in [0.2, 0.25) is 10.0 Å². The van der Waals surface area contributed by atoms with Gasteiger partial charge in [0.1, 0.15) is 5.82 Å². The molecule has 1 aliphatic heterocycles. The third-order valence-electron chi connectivity index (χ3n) is 3.25. The van der Waals surface area contributed by atoms with Gasteiger partial charge in [-0.2, -0.15) is 0 Å². The van der Waals surface area contributed by atoms with Crippen molar-refractivity contribution in [3.63, 3.8) is 0 Å². The lowest BCUT2D eigenvalue weighted by atomic mass is 9.99. The molecule has 1 fully saturated rings. The number of piperidine rings is 1. The normalized spacial score (nSPS) is 22.8. The molecule has 1 aliphatic rings. The fourth-order valence-electron chi connectivity index (χ4n) is 2.24. The van der Waals surface area contributed by atoms with Crippen LogP contribution >= 0.6 is 0 Å². The Morgan fingerprint density at radius 2 is 2.35 bits per heavy atom. The van der Waals surface area contributed by atoms with Gasteiger partial charge >= 0.3 is 0 Å². The SMILES string of the molecule is CCS(=O)(=O)N1CCCC(c2ncc(C)[nH]2)C1. The Morgan fingerprint density at radius 3 is 2.94 bits per heavy atom. The smallest absolute Gasteiger partial charge is 0.213 e. The minimum atomic E-state index is -3.06. The zero-order chi connectivity index (χ0) is 12.5. The molecule has 1 aromatic heterocycles. The van der Waals surface area contributed by atoms with E-state index in [0.29, 0.717) is 13.1 Å². The zero-order valence-corrected chi connectivity index (χ0v) is 11.1. The molecule has 0 aliphatic carbocycles. The Morgan fingerprint density at radius 1 is 1.59 bits per heavy atom. The summed E-state index contributed by atoms with van der Waals surface area (Å²) in [4.78, 5) is 7.51. The van der Waals surface area contributed by atoms with Gasteiger partial charge in [-0.25, -0.2) is 17.7 Å². The highest BCUT2D eigenvalue weighted by atomic mass is 32.2. The summed E-state index contributed by atoms with van der Waals surface area (Å²) in [5.41, 5.74) is 1.02. The summed E-state index contributed by atoms with van der Waals surface area (Å²) in [6.07, 6.45) is 3.70. The molecule has 6 heteroatoms. The van der Waals surface area contributed by atoms with Crippen LogP contribution in [0.2, 0.25) is 0 Å². The van der Waals surface area contributed by atoms with E-state index in [0.717, 1.165) is 24.4 Å². The molecule has 1 N–H and O–H groups in total. The average molecular weight is 257 g/mol. The van der Waals surface area contributed by atoms with Crippen LogP contribution in [0.25, 0.3) is 0 Å². The van der Waals surface area contributed by atoms with Crippen LogP contribution in [0.5, 0.6) is 0 Å². The van der Waals surface area contributed by atoms with Gasteiger partial charge in [-0.15, -0.1) is 0 Å². The molecule has 0 bridgehead atoms. The van der Waals surface area contributed by atoms with Crippen LogP contribution in [0.4, 0.5) is 0 Å². The summed E-state index contributed by atoms with van der Waals surface area (Å²) < 4.78 is 25.3. The number of nitrogens with one attached hydrogen (secondary N) is 1. The molecule has 1 atom stereocenters. The maximum absolute atomic E-state index is 11.8. The van der Waals surface area contributed by atoms with Crippen molar-refractivity contribution in [1.82, 2.24) is 14.3 Å². The van der Waals surface area contributed by atoms with Crippen molar-refractivity contribution < 1.29 is 8.42 Å². The summed E-state index contributed by atoms with van der Waals surface area (Å²) in [5, 5.41) is 0. The van der Waals surface area contributed by atoms with Gasteiger partial charge in [-0.3, -0.25) is 0 Å². The predicted molar refractivity (Wildman–Crippen MR) is 66.3 cm³/mol. The van der Waals surface area contributed by atoms with Gasteiger partial charge in [-0.1, -0.05) is 0 Å². The Labute approximate surface area is 102 Å². The first-order valence-electron chi connectivity index (χ1n) is 6.02. The second-order valence-electron chi connectivity index (χ2n) is 4.55. The predicted octanol–water partition coefficient (Wildman–Crippen LogP) is 1.25. The average Bonchev–Trinajstić information content (AvgIpc) is 2.76. The van der Waals surface area contributed by atoms with Gasteiger partial charge in [0.15, 0.2) is 0 Å². The van der Waals surface area contributed by atoms with Crippen molar-refractivity contribution in [3.05, 3.63) is 17.7 Å². The molecule has 17 heavy (non-hydrogen) atoms. The molecular weight excluding hydrogens is 238 g/mol. The summed E-state index contributed by atoms with van der Waals surface area (Å²) in [5.74, 6) is 1.30. The molecule has 5 nitrogen and oxygen atoms in total. The topological polar surface area (TPSA) is 66.1 Å². The van der Waals surface area contributed by atoms with Crippen molar-refractivity contribution >= 4 is 10.0 Å². The maximum atomic E-state index is 11.8. The highest BCUT2D eigenvalue weighted by Crippen LogP contribution is 2.26. The number of aryl methyl sites for hydroxylation is 1. The Balaban J connectivity index is 2.13. The monoisotopic (exact) mass is 257 g/mol. The van der Waals surface area contributed by atoms with Crippen molar-refractivity contribution in [2.45, 2.75) is 32.6 Å². The number of hydrogen-bond acceptors (Lipinski definition) is 3. The standard InChI is InChI=1S/C11H19N3O2S/c1-3-17(15,16)14-6-4-5-10(8-14)11-12-7-9(2)13-11/h7,10H,3-6,8H2,1-2H3,(H,12,13). The lowest BCUT2D eigenvalue weighted by Gasteiger charge is -2.30. The van der Waals surface area contributed by atoms with Crippen molar-refractivity contribution in [1.29, 1.82) is 0 Å². The van der Waals surface area contributed by atoms with Crippen LogP contribution in [0.15, 0.2) is 6.20 Å². The number of hydrogen-bond donors (Lipinski definition) is 1. The van der Waals surface area contributed by atoms with Gasteiger partial charge in [0, 0.05) is 30.9 Å². The van der Waals surface area contributed by atoms with Crippen LogP contribution in [0.1, 0.15) is 37.2 Å². The molecule has 2 rings (SSSR count). The molecule has 0 amide bonds. The second-order valence-corrected chi connectivity index (χ2v) is 6.81. The fourth-order valence-corrected chi connectivity index (χ4v) is 3.42. The zero-order valence-electron chi connectivity index (χ0n) is 10.3. The van der Waals surface area contributed by atoms with E-state index >= 15 is 0 Å². The number of aromatic amines is 1. The fraction of sp³-hybridized carbons (Fsp3) is 0.727. The van der Waals surface area contributed by atoms with E-state index in [4.69, 9.17) is 0 Å². The number of sulfonamides is 1. The van der Waals surface area contributed by atoms with Crippen LogP contribution in [0, 0.1) is 6.92 Å². The highest BCUT2D eigenvalue weighted by Gasteiger charge is 2.29. The van der Waals surface area contributed by atoms with E-state index in [1.54, 1.807) is 17.4 Å². The van der Waals surface area contributed by atoms with Crippen LogP contribution in [-0.4, -0.2) is 41.5 Å². The number of nitrogens with zero attached hydrogens (tertiary/aromatic N) is 2. The van der Waals surface area contributed by atoms with Gasteiger partial charge in [0.25, 0.3) is 0 Å². The lowest BCUT2D eigenvalue weighted by Crippen LogP contribution is -2.40. The van der Waals surface area contributed by atoms with Gasteiger partial charge in [0.05, 0.1) is 5.75 Å². The molecule has 0 aromatic carbocycles. The first-order valence-corrected chi connectivity index (χ1v) is 7.63. The van der Waals surface area contributed by atoms with Gasteiger partial charge in [-0.05, 0) is 26.7 Å². The Bertz CT molecular complexity index is 481. The third kappa shape index (κ3) is 2.69. The number of H-pyrrole nitrogens is 1. The summed E-state index contributed by atoms with van der Waals surface area (Å²) in [6.45, 7) is 4.85. The molecule has 0 spiro atoms. The molecule has 1 saturated heterocycles. The summed E-state index contributed by atoms with van der Waals surface area (Å²) >= 11 is 0. The van der Waals surface area contributed by atoms with E-state index in [9.17, 15) is 8.42 Å². The number of imidazole rings is 1. The first kappa shape index (κ1) is 12.6. The van der Waals surface area contributed by atoms with Crippen molar-refractivity contribution in [3.8, 4) is 0 Å². The van der Waals surface area contributed by atoms with E-state index < -0.39 is 10.0 Å². The summed E-state index contributed by atoms with van der Waals surface area (Å²) in [6, 6.07) is 0. The number of aromatic nitrogens is 2. The van der Waals surface area contributed by atoms with Gasteiger partial charge < -0.3 is 4.98 Å². The van der Waals surface area contributed by atoms with Crippen molar-refractivity contribution in [2.75, 3.05) is 18.8 Å². The molecule has 2 heterocycles. The molecule has 0 radical (unpaired) electrons. The third-order valence-corrected chi connectivity index (χ3v) is 5.10. The molecule has 1 aromatic rings. The minimum absolute atomic E-state index is 0.177. The Kier molecular flexibility index (Phi) is 3.53. The van der Waals surface area contributed by atoms with E-state index in [1.165, 1.54) is 0 Å². The lowest BCUT2D eigenvalue weighted by molar-refractivity contribution is 0.310. The van der Waals surface area contributed by atoms with Crippen LogP contribution in [-0.2, 0) is 10.0 Å². The second kappa shape index (κ2) is 4.78. The van der Waals surface area contributed by atoms with E-state index in [1.807, 2.05) is 6.92 Å². The maximum Gasteiger partial charge on any atom is 0.213 e.